The Labute approximate surface area is 97.4 Å². The van der Waals surface area contributed by atoms with E-state index in [4.69, 9.17) is 5.11 Å². The monoisotopic (exact) mass is 229 g/mol. The summed E-state index contributed by atoms with van der Waals surface area (Å²) in [4.78, 5) is 15.5. The Kier molecular flexibility index (Phi) is 5.73. The number of rotatable bonds is 6. The molecule has 1 atom stereocenters. The van der Waals surface area contributed by atoms with Crippen LogP contribution < -0.4 is 5.32 Å². The second-order valence-electron chi connectivity index (χ2n) is 4.45. The molecule has 1 heterocycles. The van der Waals surface area contributed by atoms with Gasteiger partial charge in [0, 0.05) is 32.7 Å². The zero-order valence-electron chi connectivity index (χ0n) is 10.3. The van der Waals surface area contributed by atoms with Gasteiger partial charge in [-0.15, -0.1) is 0 Å². The summed E-state index contributed by atoms with van der Waals surface area (Å²) in [6.07, 6.45) is 0.965. The van der Waals surface area contributed by atoms with Crippen molar-refractivity contribution >= 4 is 5.97 Å². The lowest BCUT2D eigenvalue weighted by molar-refractivity contribution is -0.140. The zero-order chi connectivity index (χ0) is 12.0. The number of piperazine rings is 1. The van der Waals surface area contributed by atoms with Crippen molar-refractivity contribution in [2.45, 2.75) is 19.4 Å². The molecule has 0 bridgehead atoms. The van der Waals surface area contributed by atoms with Crippen LogP contribution in [0.25, 0.3) is 0 Å². The molecule has 0 spiro atoms. The van der Waals surface area contributed by atoms with Gasteiger partial charge in [0.2, 0.25) is 0 Å². The standard InChI is InChI=1S/C11H23N3O2/c1-3-4-12-10(11(15)16)9-14-7-5-13(2)6-8-14/h10,12H,3-9H2,1-2H3,(H,15,16). The largest absolute Gasteiger partial charge is 0.480 e. The highest BCUT2D eigenvalue weighted by molar-refractivity contribution is 5.73. The van der Waals surface area contributed by atoms with Crippen LogP contribution >= 0.6 is 0 Å². The van der Waals surface area contributed by atoms with Gasteiger partial charge >= 0.3 is 5.97 Å². The van der Waals surface area contributed by atoms with E-state index in [1.54, 1.807) is 0 Å². The Morgan fingerprint density at radius 3 is 2.50 bits per heavy atom. The molecule has 16 heavy (non-hydrogen) atoms. The molecule has 1 rings (SSSR count). The summed E-state index contributed by atoms with van der Waals surface area (Å²) >= 11 is 0. The molecule has 94 valence electrons. The fourth-order valence-corrected chi connectivity index (χ4v) is 1.84. The number of aliphatic carboxylic acids is 1. The molecule has 0 radical (unpaired) electrons. The highest BCUT2D eigenvalue weighted by atomic mass is 16.4. The van der Waals surface area contributed by atoms with Crippen LogP contribution in [0, 0.1) is 0 Å². The van der Waals surface area contributed by atoms with E-state index in [9.17, 15) is 4.79 Å². The normalized spacial score (nSPS) is 20.9. The minimum atomic E-state index is -0.743. The average molecular weight is 229 g/mol. The van der Waals surface area contributed by atoms with E-state index in [0.717, 1.165) is 39.1 Å². The van der Waals surface area contributed by atoms with Gasteiger partial charge in [-0.2, -0.15) is 0 Å². The first-order valence-electron chi connectivity index (χ1n) is 6.00. The number of likely N-dealkylation sites (N-methyl/N-ethyl adjacent to an activating group) is 1. The molecule has 0 amide bonds. The first-order chi connectivity index (χ1) is 7.63. The molecule has 0 aromatic rings. The van der Waals surface area contributed by atoms with E-state index in [1.165, 1.54) is 0 Å². The molecule has 0 saturated carbocycles. The topological polar surface area (TPSA) is 55.8 Å². The van der Waals surface area contributed by atoms with E-state index in [-0.39, 0.29) is 0 Å². The van der Waals surface area contributed by atoms with Gasteiger partial charge in [0.15, 0.2) is 0 Å². The van der Waals surface area contributed by atoms with Crippen molar-refractivity contribution < 1.29 is 9.90 Å². The molecule has 5 nitrogen and oxygen atoms in total. The Hall–Kier alpha value is -0.650. The third-order valence-corrected chi connectivity index (χ3v) is 2.98. The van der Waals surface area contributed by atoms with Crippen molar-refractivity contribution in [3.05, 3.63) is 0 Å². The van der Waals surface area contributed by atoms with Crippen LogP contribution in [-0.2, 0) is 4.79 Å². The number of carboxylic acid groups (broad SMARTS) is 1. The molecular formula is C11H23N3O2. The van der Waals surface area contributed by atoms with E-state index >= 15 is 0 Å². The van der Waals surface area contributed by atoms with Gasteiger partial charge in [-0.05, 0) is 20.0 Å². The molecule has 1 unspecified atom stereocenters. The summed E-state index contributed by atoms with van der Waals surface area (Å²) in [5.74, 6) is -0.743. The summed E-state index contributed by atoms with van der Waals surface area (Å²) < 4.78 is 0. The molecule has 1 aliphatic rings. The molecule has 0 aromatic carbocycles. The second-order valence-corrected chi connectivity index (χ2v) is 4.45. The van der Waals surface area contributed by atoms with Gasteiger partial charge in [0.05, 0.1) is 0 Å². The number of carboxylic acids is 1. The van der Waals surface area contributed by atoms with Crippen LogP contribution in [0.2, 0.25) is 0 Å². The van der Waals surface area contributed by atoms with E-state index < -0.39 is 12.0 Å². The lowest BCUT2D eigenvalue weighted by atomic mass is 10.2. The lowest BCUT2D eigenvalue weighted by Crippen LogP contribution is -2.52. The first-order valence-corrected chi connectivity index (χ1v) is 6.00. The Bertz CT molecular complexity index is 215. The van der Waals surface area contributed by atoms with Crippen LogP contribution in [0.4, 0.5) is 0 Å². The number of hydrogen-bond donors (Lipinski definition) is 2. The van der Waals surface area contributed by atoms with E-state index in [0.29, 0.717) is 6.54 Å². The van der Waals surface area contributed by atoms with Gasteiger partial charge in [-0.25, -0.2) is 0 Å². The van der Waals surface area contributed by atoms with Crippen LogP contribution in [0.1, 0.15) is 13.3 Å². The maximum atomic E-state index is 11.0. The zero-order valence-corrected chi connectivity index (χ0v) is 10.3. The Morgan fingerprint density at radius 2 is 2.00 bits per heavy atom. The molecule has 1 fully saturated rings. The van der Waals surface area contributed by atoms with Crippen LogP contribution in [-0.4, -0.2) is 73.2 Å². The molecular weight excluding hydrogens is 206 g/mol. The van der Waals surface area contributed by atoms with Crippen molar-refractivity contribution in [2.75, 3.05) is 46.3 Å². The average Bonchev–Trinajstić information content (AvgIpc) is 2.26. The van der Waals surface area contributed by atoms with E-state index in [2.05, 4.69) is 22.2 Å². The summed E-state index contributed by atoms with van der Waals surface area (Å²) in [6, 6.07) is -0.427. The lowest BCUT2D eigenvalue weighted by Gasteiger charge is -2.33. The van der Waals surface area contributed by atoms with Crippen molar-refractivity contribution in [3.8, 4) is 0 Å². The number of nitrogens with one attached hydrogen (secondary N) is 1. The number of carbonyl (C=O) groups is 1. The van der Waals surface area contributed by atoms with E-state index in [1.807, 2.05) is 6.92 Å². The minimum absolute atomic E-state index is 0.427. The SMILES string of the molecule is CCCNC(CN1CCN(C)CC1)C(=O)O. The predicted molar refractivity (Wildman–Crippen MR) is 63.7 cm³/mol. The molecule has 1 saturated heterocycles. The molecule has 1 aliphatic heterocycles. The smallest absolute Gasteiger partial charge is 0.322 e. The highest BCUT2D eigenvalue weighted by Crippen LogP contribution is 2.00. The van der Waals surface area contributed by atoms with Crippen LogP contribution in [0.3, 0.4) is 0 Å². The molecule has 2 N–H and O–H groups in total. The summed E-state index contributed by atoms with van der Waals surface area (Å²) in [5, 5.41) is 12.2. The van der Waals surface area contributed by atoms with Crippen molar-refractivity contribution in [2.24, 2.45) is 0 Å². The summed E-state index contributed by atoms with van der Waals surface area (Å²) in [7, 11) is 2.10. The van der Waals surface area contributed by atoms with Gasteiger partial charge in [0.25, 0.3) is 0 Å². The van der Waals surface area contributed by atoms with Gasteiger partial charge in [-0.1, -0.05) is 6.92 Å². The molecule has 0 aliphatic carbocycles. The Morgan fingerprint density at radius 1 is 1.38 bits per heavy atom. The molecule has 0 aromatic heterocycles. The second kappa shape index (κ2) is 6.83. The van der Waals surface area contributed by atoms with Crippen LogP contribution in [0.5, 0.6) is 0 Å². The van der Waals surface area contributed by atoms with Crippen LogP contribution in [0.15, 0.2) is 0 Å². The fourth-order valence-electron chi connectivity index (χ4n) is 1.84. The number of nitrogens with zero attached hydrogens (tertiary/aromatic N) is 2. The minimum Gasteiger partial charge on any atom is -0.480 e. The predicted octanol–water partition coefficient (Wildman–Crippen LogP) is -0.313. The fraction of sp³-hybridized carbons (Fsp3) is 0.909. The van der Waals surface area contributed by atoms with Crippen molar-refractivity contribution in [1.29, 1.82) is 0 Å². The summed E-state index contributed by atoms with van der Waals surface area (Å²) in [5.41, 5.74) is 0. The maximum Gasteiger partial charge on any atom is 0.322 e. The third kappa shape index (κ3) is 4.47. The Balaban J connectivity index is 2.33. The molecule has 5 heteroatoms. The number of hydrogen-bond acceptors (Lipinski definition) is 4. The highest BCUT2D eigenvalue weighted by Gasteiger charge is 2.22. The van der Waals surface area contributed by atoms with Gasteiger partial charge < -0.3 is 15.3 Å². The quantitative estimate of drug-likeness (QED) is 0.654. The first kappa shape index (κ1) is 13.4. The van der Waals surface area contributed by atoms with Gasteiger partial charge in [-0.3, -0.25) is 9.69 Å². The third-order valence-electron chi connectivity index (χ3n) is 2.98. The van der Waals surface area contributed by atoms with Crippen molar-refractivity contribution in [3.63, 3.8) is 0 Å². The maximum absolute atomic E-state index is 11.0. The van der Waals surface area contributed by atoms with Crippen molar-refractivity contribution in [1.82, 2.24) is 15.1 Å². The summed E-state index contributed by atoms with van der Waals surface area (Å²) in [6.45, 7) is 7.41. The van der Waals surface area contributed by atoms with Gasteiger partial charge in [0.1, 0.15) is 6.04 Å².